The number of thiophene rings is 1. The van der Waals surface area contributed by atoms with Crippen molar-refractivity contribution >= 4 is 39.0 Å². The molecule has 0 bridgehead atoms. The highest BCUT2D eigenvalue weighted by atomic mass is 79.9. The van der Waals surface area contributed by atoms with Crippen molar-refractivity contribution in [1.29, 1.82) is 0 Å². The number of hydrogen-bond acceptors (Lipinski definition) is 5. The zero-order valence-corrected chi connectivity index (χ0v) is 19.8. The Morgan fingerprint density at radius 2 is 2.17 bits per heavy atom. The molecule has 1 saturated heterocycles. The van der Waals surface area contributed by atoms with Crippen LogP contribution in [0.4, 0.5) is 0 Å². The molecular formula is C22H25BrN4S2. The number of benzene rings is 1. The van der Waals surface area contributed by atoms with E-state index in [1.807, 2.05) is 11.8 Å². The summed E-state index contributed by atoms with van der Waals surface area (Å²) in [6, 6.07) is 9.54. The van der Waals surface area contributed by atoms with E-state index in [2.05, 4.69) is 77.7 Å². The van der Waals surface area contributed by atoms with E-state index in [9.17, 15) is 0 Å². The lowest BCUT2D eigenvalue weighted by Crippen LogP contribution is -2.36. The molecule has 5 rings (SSSR count). The lowest BCUT2D eigenvalue weighted by Gasteiger charge is -2.34. The Morgan fingerprint density at radius 3 is 3.03 bits per heavy atom. The molecule has 2 atom stereocenters. The van der Waals surface area contributed by atoms with E-state index < -0.39 is 0 Å². The molecule has 0 spiro atoms. The second-order valence-electron chi connectivity index (χ2n) is 7.93. The summed E-state index contributed by atoms with van der Waals surface area (Å²) in [4.78, 5) is 2.74. The van der Waals surface area contributed by atoms with Crippen molar-refractivity contribution in [1.82, 2.24) is 19.7 Å². The second kappa shape index (κ2) is 8.53. The molecule has 0 saturated carbocycles. The van der Waals surface area contributed by atoms with Gasteiger partial charge < -0.3 is 4.57 Å². The number of aryl methyl sites for hydroxylation is 1. The second-order valence-corrected chi connectivity index (χ2v) is 10.6. The quantitative estimate of drug-likeness (QED) is 0.334. The van der Waals surface area contributed by atoms with Crippen LogP contribution in [0.3, 0.4) is 0 Å². The van der Waals surface area contributed by atoms with Gasteiger partial charge in [0.15, 0.2) is 11.0 Å². The normalized spacial score (nSPS) is 21.3. The van der Waals surface area contributed by atoms with E-state index in [0.29, 0.717) is 12.0 Å². The van der Waals surface area contributed by atoms with E-state index in [0.717, 1.165) is 22.3 Å². The average Bonchev–Trinajstić information content (AvgIpc) is 3.46. The maximum atomic E-state index is 4.40. The topological polar surface area (TPSA) is 34.0 Å². The third-order valence-electron chi connectivity index (χ3n) is 6.32. The number of likely N-dealkylation sites (tertiary alicyclic amines) is 1. The molecule has 4 nitrogen and oxygen atoms in total. The Kier molecular flexibility index (Phi) is 5.82. The number of aromatic nitrogens is 3. The van der Waals surface area contributed by atoms with Gasteiger partial charge in [-0.3, -0.25) is 4.90 Å². The molecule has 0 N–H and O–H groups in total. The number of fused-ring (bicyclic) bond motifs is 3. The Bertz CT molecular complexity index is 985. The van der Waals surface area contributed by atoms with Gasteiger partial charge >= 0.3 is 0 Å². The van der Waals surface area contributed by atoms with Crippen LogP contribution in [-0.2, 0) is 13.5 Å². The summed E-state index contributed by atoms with van der Waals surface area (Å²) >= 11 is 7.34. The molecule has 29 heavy (non-hydrogen) atoms. The highest BCUT2D eigenvalue weighted by Crippen LogP contribution is 2.44. The third kappa shape index (κ3) is 3.82. The van der Waals surface area contributed by atoms with Gasteiger partial charge in [0.1, 0.15) is 0 Å². The first-order valence-electron chi connectivity index (χ1n) is 10.3. The third-order valence-corrected chi connectivity index (χ3v) is 8.80. The van der Waals surface area contributed by atoms with E-state index in [-0.39, 0.29) is 0 Å². The first-order valence-corrected chi connectivity index (χ1v) is 13.0. The molecule has 0 amide bonds. The number of nitrogens with zero attached hydrogens (tertiary/aromatic N) is 4. The van der Waals surface area contributed by atoms with Crippen LogP contribution in [0.2, 0.25) is 0 Å². The molecule has 2 unspecified atom stereocenters. The summed E-state index contributed by atoms with van der Waals surface area (Å²) in [5, 5.41) is 14.0. The lowest BCUT2D eigenvalue weighted by molar-refractivity contribution is 0.228. The largest absolute Gasteiger partial charge is 0.305 e. The standard InChI is InChI=1S/C22H25BrN4S2/c1-26-21(16-9-13-28-14-16)24-25-22(26)29-12-3-10-27-11-8-17-19(27)7-6-15-4-2-5-18(23)20(15)17/h2,4-5,9,13-14,17,19H,3,6-8,10-12H2,1H3. The Morgan fingerprint density at radius 1 is 1.24 bits per heavy atom. The minimum atomic E-state index is 0.703. The predicted octanol–water partition coefficient (Wildman–Crippen LogP) is 5.59. The maximum absolute atomic E-state index is 4.40. The summed E-state index contributed by atoms with van der Waals surface area (Å²) < 4.78 is 3.43. The molecule has 2 aliphatic rings. The smallest absolute Gasteiger partial charge is 0.191 e. The van der Waals surface area contributed by atoms with Crippen molar-refractivity contribution in [3.8, 4) is 11.4 Å². The average molecular weight is 490 g/mol. The Hall–Kier alpha value is -1.15. The molecule has 3 heterocycles. The van der Waals surface area contributed by atoms with E-state index in [4.69, 9.17) is 0 Å². The summed E-state index contributed by atoms with van der Waals surface area (Å²) in [5.41, 5.74) is 4.30. The summed E-state index contributed by atoms with van der Waals surface area (Å²) in [7, 11) is 2.07. The minimum Gasteiger partial charge on any atom is -0.305 e. The van der Waals surface area contributed by atoms with Crippen molar-refractivity contribution in [2.45, 2.75) is 42.8 Å². The molecule has 1 aromatic carbocycles. The van der Waals surface area contributed by atoms with Crippen molar-refractivity contribution in [3.05, 3.63) is 50.6 Å². The zero-order valence-electron chi connectivity index (χ0n) is 16.6. The van der Waals surface area contributed by atoms with Gasteiger partial charge in [-0.25, -0.2) is 0 Å². The maximum Gasteiger partial charge on any atom is 0.191 e. The molecule has 0 radical (unpaired) electrons. The predicted molar refractivity (Wildman–Crippen MR) is 125 cm³/mol. The zero-order chi connectivity index (χ0) is 19.8. The van der Waals surface area contributed by atoms with Crippen molar-refractivity contribution in [2.75, 3.05) is 18.8 Å². The molecule has 1 aliphatic heterocycles. The van der Waals surface area contributed by atoms with Crippen molar-refractivity contribution in [3.63, 3.8) is 0 Å². The van der Waals surface area contributed by atoms with Gasteiger partial charge in [0, 0.05) is 40.2 Å². The van der Waals surface area contributed by atoms with Gasteiger partial charge in [-0.2, -0.15) is 11.3 Å². The van der Waals surface area contributed by atoms with Crippen LogP contribution in [0.1, 0.15) is 36.3 Å². The fraction of sp³-hybridized carbons (Fsp3) is 0.455. The first kappa shape index (κ1) is 19.8. The van der Waals surface area contributed by atoms with Crippen LogP contribution >= 0.6 is 39.0 Å². The van der Waals surface area contributed by atoms with Crippen molar-refractivity contribution in [2.24, 2.45) is 7.05 Å². The summed E-state index contributed by atoms with van der Waals surface area (Å²) in [6.45, 7) is 2.41. The van der Waals surface area contributed by atoms with Crippen LogP contribution in [0.25, 0.3) is 11.4 Å². The fourth-order valence-electron chi connectivity index (χ4n) is 4.95. The van der Waals surface area contributed by atoms with Crippen LogP contribution in [-0.4, -0.2) is 44.5 Å². The lowest BCUT2D eigenvalue weighted by atomic mass is 9.79. The summed E-state index contributed by atoms with van der Waals surface area (Å²) in [6.07, 6.45) is 5.00. The SMILES string of the molecule is Cn1c(SCCCN2CCC3c4c(Br)cccc4CCC32)nnc1-c1ccsc1. The van der Waals surface area contributed by atoms with Gasteiger partial charge in [-0.15, -0.1) is 10.2 Å². The first-order chi connectivity index (χ1) is 14.2. The van der Waals surface area contributed by atoms with Gasteiger partial charge in [0.25, 0.3) is 0 Å². The van der Waals surface area contributed by atoms with Gasteiger partial charge in [0.05, 0.1) is 0 Å². The number of halogens is 1. The van der Waals surface area contributed by atoms with E-state index >= 15 is 0 Å². The molecule has 2 aromatic heterocycles. The minimum absolute atomic E-state index is 0.703. The molecule has 152 valence electrons. The Labute approximate surface area is 188 Å². The molecule has 7 heteroatoms. The highest BCUT2D eigenvalue weighted by Gasteiger charge is 2.39. The van der Waals surface area contributed by atoms with E-state index in [1.165, 1.54) is 43.2 Å². The molecule has 1 aliphatic carbocycles. The number of hydrogen-bond donors (Lipinski definition) is 0. The van der Waals surface area contributed by atoms with Crippen LogP contribution in [0.5, 0.6) is 0 Å². The Balaban J connectivity index is 1.16. The van der Waals surface area contributed by atoms with Gasteiger partial charge in [0.2, 0.25) is 0 Å². The molecule has 1 fully saturated rings. The van der Waals surface area contributed by atoms with E-state index in [1.54, 1.807) is 22.5 Å². The fourth-order valence-corrected chi connectivity index (χ4v) is 7.12. The van der Waals surface area contributed by atoms with Gasteiger partial charge in [-0.1, -0.05) is 39.8 Å². The summed E-state index contributed by atoms with van der Waals surface area (Å²) in [5.74, 6) is 2.75. The molecular weight excluding hydrogens is 464 g/mol. The highest BCUT2D eigenvalue weighted by molar-refractivity contribution is 9.10. The van der Waals surface area contributed by atoms with Crippen LogP contribution in [0.15, 0.2) is 44.7 Å². The monoisotopic (exact) mass is 488 g/mol. The van der Waals surface area contributed by atoms with Crippen LogP contribution < -0.4 is 0 Å². The number of rotatable bonds is 6. The van der Waals surface area contributed by atoms with Crippen molar-refractivity contribution < 1.29 is 0 Å². The molecule has 3 aromatic rings. The van der Waals surface area contributed by atoms with Crippen LogP contribution in [0, 0.1) is 0 Å². The number of thioether (sulfide) groups is 1. The van der Waals surface area contributed by atoms with Gasteiger partial charge in [-0.05, 0) is 67.4 Å².